The van der Waals surface area contributed by atoms with Crippen molar-refractivity contribution in [3.05, 3.63) is 30.3 Å². The van der Waals surface area contributed by atoms with E-state index in [9.17, 15) is 4.79 Å². The van der Waals surface area contributed by atoms with Gasteiger partial charge in [0.2, 0.25) is 0 Å². The summed E-state index contributed by atoms with van der Waals surface area (Å²) in [6.45, 7) is 6.36. The summed E-state index contributed by atoms with van der Waals surface area (Å²) in [6.07, 6.45) is 11.8. The molecule has 1 aromatic carbocycles. The molecule has 0 heterocycles. The number of ether oxygens (including phenoxy) is 1. The standard InChI is InChI=1S/C29H43NO2/c1-20-13-16-29(19-32-3)21(17-20)9-10-23-24-11-12-26(28(24,2)15-14-25(23)29)27(31)18-30-22-7-5-4-6-8-22/h4-8,20-21,23-26,30H,9-19H2,1-3H3. The second kappa shape index (κ2) is 8.78. The van der Waals surface area contributed by atoms with Crippen LogP contribution in [0.25, 0.3) is 0 Å². The molecule has 1 aromatic rings. The summed E-state index contributed by atoms with van der Waals surface area (Å²) < 4.78 is 5.93. The van der Waals surface area contributed by atoms with E-state index >= 15 is 0 Å². The second-order valence-electron chi connectivity index (χ2n) is 12.1. The predicted molar refractivity (Wildman–Crippen MR) is 131 cm³/mol. The Morgan fingerprint density at radius 1 is 1.03 bits per heavy atom. The number of para-hydroxylation sites is 1. The van der Waals surface area contributed by atoms with Crippen LogP contribution in [0.5, 0.6) is 0 Å². The number of hydrogen-bond acceptors (Lipinski definition) is 3. The molecule has 0 aliphatic heterocycles. The van der Waals surface area contributed by atoms with Crippen LogP contribution in [0.3, 0.4) is 0 Å². The van der Waals surface area contributed by atoms with E-state index in [1.807, 2.05) is 25.3 Å². The van der Waals surface area contributed by atoms with Gasteiger partial charge in [0.25, 0.3) is 0 Å². The number of Topliss-reactive ketones (excluding diaryl/α,β-unsaturated/α-hetero) is 1. The third-order valence-corrected chi connectivity index (χ3v) is 10.7. The van der Waals surface area contributed by atoms with Crippen molar-refractivity contribution >= 4 is 11.5 Å². The molecular formula is C29H43NO2. The smallest absolute Gasteiger partial charge is 0.155 e. The van der Waals surface area contributed by atoms with E-state index < -0.39 is 0 Å². The minimum absolute atomic E-state index is 0.194. The van der Waals surface area contributed by atoms with Crippen LogP contribution in [0.2, 0.25) is 0 Å². The molecule has 3 heteroatoms. The van der Waals surface area contributed by atoms with Gasteiger partial charge in [0, 0.05) is 18.7 Å². The molecule has 4 aliphatic carbocycles. The van der Waals surface area contributed by atoms with Gasteiger partial charge in [0.05, 0.1) is 13.2 Å². The van der Waals surface area contributed by atoms with Gasteiger partial charge in [0.1, 0.15) is 0 Å². The number of methoxy groups -OCH3 is 1. The summed E-state index contributed by atoms with van der Waals surface area (Å²) in [7, 11) is 1.92. The maximum absolute atomic E-state index is 13.4. The summed E-state index contributed by atoms with van der Waals surface area (Å²) in [5, 5.41) is 3.39. The maximum atomic E-state index is 13.4. The molecular weight excluding hydrogens is 394 g/mol. The van der Waals surface area contributed by atoms with Crippen molar-refractivity contribution in [1.29, 1.82) is 0 Å². The maximum Gasteiger partial charge on any atom is 0.155 e. The lowest BCUT2D eigenvalue weighted by Crippen LogP contribution is -2.56. The van der Waals surface area contributed by atoms with Crippen molar-refractivity contribution in [2.45, 2.75) is 71.6 Å². The molecule has 8 unspecified atom stereocenters. The van der Waals surface area contributed by atoms with Crippen molar-refractivity contribution in [1.82, 2.24) is 0 Å². The Balaban J connectivity index is 1.32. The molecule has 0 bridgehead atoms. The highest BCUT2D eigenvalue weighted by molar-refractivity contribution is 5.86. The van der Waals surface area contributed by atoms with E-state index in [-0.39, 0.29) is 11.3 Å². The molecule has 176 valence electrons. The molecule has 32 heavy (non-hydrogen) atoms. The molecule has 0 amide bonds. The van der Waals surface area contributed by atoms with Gasteiger partial charge in [-0.15, -0.1) is 0 Å². The first-order valence-corrected chi connectivity index (χ1v) is 13.3. The van der Waals surface area contributed by atoms with Gasteiger partial charge in [-0.05, 0) is 104 Å². The summed E-state index contributed by atoms with van der Waals surface area (Å²) in [6, 6.07) is 10.2. The zero-order valence-electron chi connectivity index (χ0n) is 20.4. The number of ketones is 1. The molecule has 0 radical (unpaired) electrons. The van der Waals surface area contributed by atoms with Gasteiger partial charge in [0.15, 0.2) is 5.78 Å². The minimum Gasteiger partial charge on any atom is -0.384 e. The fourth-order valence-corrected chi connectivity index (χ4v) is 9.21. The van der Waals surface area contributed by atoms with Crippen molar-refractivity contribution in [3.8, 4) is 0 Å². The van der Waals surface area contributed by atoms with E-state index in [0.29, 0.717) is 17.7 Å². The number of fused-ring (bicyclic) bond motifs is 5. The first-order chi connectivity index (χ1) is 15.5. The number of hydrogen-bond donors (Lipinski definition) is 1. The van der Waals surface area contributed by atoms with E-state index in [1.165, 1.54) is 51.4 Å². The van der Waals surface area contributed by atoms with Gasteiger partial charge in [-0.25, -0.2) is 0 Å². The van der Waals surface area contributed by atoms with Crippen molar-refractivity contribution in [3.63, 3.8) is 0 Å². The zero-order chi connectivity index (χ0) is 22.3. The summed E-state index contributed by atoms with van der Waals surface area (Å²) in [5.41, 5.74) is 1.65. The van der Waals surface area contributed by atoms with Crippen LogP contribution >= 0.6 is 0 Å². The Morgan fingerprint density at radius 3 is 2.62 bits per heavy atom. The summed E-state index contributed by atoms with van der Waals surface area (Å²) >= 11 is 0. The normalized spacial score (nSPS) is 43.1. The van der Waals surface area contributed by atoms with Gasteiger partial charge >= 0.3 is 0 Å². The van der Waals surface area contributed by atoms with Crippen LogP contribution in [-0.4, -0.2) is 26.0 Å². The topological polar surface area (TPSA) is 38.3 Å². The Morgan fingerprint density at radius 2 is 1.84 bits per heavy atom. The minimum atomic E-state index is 0.194. The van der Waals surface area contributed by atoms with Gasteiger partial charge in [-0.3, -0.25) is 4.79 Å². The molecule has 4 aliphatic rings. The zero-order valence-corrected chi connectivity index (χ0v) is 20.4. The quantitative estimate of drug-likeness (QED) is 0.545. The Hall–Kier alpha value is -1.35. The number of benzene rings is 1. The molecule has 4 fully saturated rings. The van der Waals surface area contributed by atoms with Crippen LogP contribution in [0.1, 0.15) is 71.6 Å². The number of carbonyl (C=O) groups is 1. The van der Waals surface area contributed by atoms with Crippen LogP contribution in [-0.2, 0) is 9.53 Å². The third kappa shape index (κ3) is 3.63. The molecule has 5 rings (SSSR count). The first kappa shape index (κ1) is 22.4. The first-order valence-electron chi connectivity index (χ1n) is 13.3. The van der Waals surface area contributed by atoms with Gasteiger partial charge in [-0.2, -0.15) is 0 Å². The highest BCUT2D eigenvalue weighted by Crippen LogP contribution is 2.68. The van der Waals surface area contributed by atoms with Crippen LogP contribution in [0.4, 0.5) is 5.69 Å². The third-order valence-electron chi connectivity index (χ3n) is 10.7. The average molecular weight is 438 g/mol. The highest BCUT2D eigenvalue weighted by atomic mass is 16.5. The molecule has 0 saturated heterocycles. The molecule has 0 spiro atoms. The van der Waals surface area contributed by atoms with Crippen LogP contribution in [0.15, 0.2) is 30.3 Å². The van der Waals surface area contributed by atoms with Gasteiger partial charge < -0.3 is 10.1 Å². The molecule has 4 saturated carbocycles. The van der Waals surface area contributed by atoms with Gasteiger partial charge in [-0.1, -0.05) is 38.5 Å². The van der Waals surface area contributed by atoms with E-state index in [0.717, 1.165) is 48.3 Å². The monoisotopic (exact) mass is 437 g/mol. The fraction of sp³-hybridized carbons (Fsp3) is 0.759. The van der Waals surface area contributed by atoms with Crippen LogP contribution in [0, 0.1) is 46.3 Å². The van der Waals surface area contributed by atoms with Crippen molar-refractivity contribution in [2.24, 2.45) is 46.3 Å². The Bertz CT molecular complexity index is 809. The Kier molecular flexibility index (Phi) is 6.16. The lowest BCUT2D eigenvalue weighted by Gasteiger charge is -2.62. The number of rotatable bonds is 6. The second-order valence-corrected chi connectivity index (χ2v) is 12.1. The van der Waals surface area contributed by atoms with E-state index in [2.05, 4.69) is 31.3 Å². The summed E-state index contributed by atoms with van der Waals surface area (Å²) in [5.74, 6) is 4.72. The van der Waals surface area contributed by atoms with Crippen molar-refractivity contribution < 1.29 is 9.53 Å². The summed E-state index contributed by atoms with van der Waals surface area (Å²) in [4.78, 5) is 13.4. The van der Waals surface area contributed by atoms with E-state index in [1.54, 1.807) is 0 Å². The largest absolute Gasteiger partial charge is 0.384 e. The molecule has 3 nitrogen and oxygen atoms in total. The lowest BCUT2D eigenvalue weighted by atomic mass is 9.44. The molecule has 1 N–H and O–H groups in total. The number of carbonyl (C=O) groups excluding carboxylic acids is 1. The predicted octanol–water partition coefficient (Wildman–Crippen LogP) is 6.59. The highest BCUT2D eigenvalue weighted by Gasteiger charge is 2.62. The Labute approximate surface area is 195 Å². The molecule has 8 atom stereocenters. The van der Waals surface area contributed by atoms with Crippen LogP contribution < -0.4 is 5.32 Å². The number of nitrogens with one attached hydrogen (secondary N) is 1. The molecule has 0 aromatic heterocycles. The van der Waals surface area contributed by atoms with Crippen molar-refractivity contribution in [2.75, 3.05) is 25.6 Å². The van der Waals surface area contributed by atoms with E-state index in [4.69, 9.17) is 4.74 Å². The number of anilines is 1. The fourth-order valence-electron chi connectivity index (χ4n) is 9.21. The average Bonchev–Trinajstić information content (AvgIpc) is 3.16. The SMILES string of the molecule is COCC12CCC(C)CC1CCC1C3CCC(C(=O)CNc4ccccc4)C3(C)CCC12. The lowest BCUT2D eigenvalue weighted by molar-refractivity contribution is -0.154.